The van der Waals surface area contributed by atoms with E-state index in [1.165, 1.54) is 5.01 Å². The van der Waals surface area contributed by atoms with Gasteiger partial charge in [-0.1, -0.05) is 18.2 Å². The summed E-state index contributed by atoms with van der Waals surface area (Å²) in [5.41, 5.74) is 0.713. The SMILES string of the molecule is O=C(O)CCCNC(=O)C1=NN(c2ccccc2)C(C(=O)O)C1. The van der Waals surface area contributed by atoms with Gasteiger partial charge in [-0.05, 0) is 18.6 Å². The maximum absolute atomic E-state index is 12.0. The molecule has 2 rings (SSSR count). The molecule has 0 radical (unpaired) electrons. The van der Waals surface area contributed by atoms with Gasteiger partial charge in [0, 0.05) is 19.4 Å². The average molecular weight is 319 g/mol. The van der Waals surface area contributed by atoms with E-state index in [2.05, 4.69) is 10.4 Å². The zero-order valence-corrected chi connectivity index (χ0v) is 12.3. The fourth-order valence-electron chi connectivity index (χ4n) is 2.20. The molecule has 0 aliphatic carbocycles. The van der Waals surface area contributed by atoms with Crippen molar-refractivity contribution >= 4 is 29.2 Å². The highest BCUT2D eigenvalue weighted by Gasteiger charge is 2.35. The molecule has 8 heteroatoms. The van der Waals surface area contributed by atoms with E-state index in [0.29, 0.717) is 12.1 Å². The third kappa shape index (κ3) is 4.29. The first kappa shape index (κ1) is 16.5. The summed E-state index contributed by atoms with van der Waals surface area (Å²) in [6, 6.07) is 7.81. The van der Waals surface area contributed by atoms with Crippen molar-refractivity contribution in [2.24, 2.45) is 5.10 Å². The lowest BCUT2D eigenvalue weighted by molar-refractivity contribution is -0.138. The molecule has 0 bridgehead atoms. The Kier molecular flexibility index (Phi) is 5.29. The third-order valence-electron chi connectivity index (χ3n) is 3.33. The number of carboxylic acids is 2. The van der Waals surface area contributed by atoms with E-state index in [1.807, 2.05) is 0 Å². The molecule has 1 atom stereocenters. The van der Waals surface area contributed by atoms with Gasteiger partial charge >= 0.3 is 11.9 Å². The number of nitrogens with zero attached hydrogens (tertiary/aromatic N) is 2. The Morgan fingerprint density at radius 2 is 1.91 bits per heavy atom. The molecule has 1 aliphatic heterocycles. The molecule has 1 amide bonds. The zero-order chi connectivity index (χ0) is 16.8. The third-order valence-corrected chi connectivity index (χ3v) is 3.33. The molecule has 0 saturated heterocycles. The maximum atomic E-state index is 12.0. The van der Waals surface area contributed by atoms with Crippen LogP contribution in [-0.2, 0) is 14.4 Å². The van der Waals surface area contributed by atoms with Crippen LogP contribution in [0.3, 0.4) is 0 Å². The summed E-state index contributed by atoms with van der Waals surface area (Å²) < 4.78 is 0. The molecule has 1 heterocycles. The van der Waals surface area contributed by atoms with Gasteiger partial charge in [-0.15, -0.1) is 0 Å². The molecular formula is C15H17N3O5. The van der Waals surface area contributed by atoms with Crippen molar-refractivity contribution in [3.05, 3.63) is 30.3 Å². The number of hydrogen-bond acceptors (Lipinski definition) is 5. The Morgan fingerprint density at radius 3 is 2.52 bits per heavy atom. The maximum Gasteiger partial charge on any atom is 0.328 e. The van der Waals surface area contributed by atoms with Gasteiger partial charge in [0.05, 0.1) is 5.69 Å². The van der Waals surface area contributed by atoms with Crippen LogP contribution in [0.5, 0.6) is 0 Å². The van der Waals surface area contributed by atoms with Gasteiger partial charge in [0.15, 0.2) is 6.04 Å². The molecule has 0 saturated carbocycles. The normalized spacial score (nSPS) is 16.8. The first-order chi connectivity index (χ1) is 11.0. The lowest BCUT2D eigenvalue weighted by Gasteiger charge is -2.19. The van der Waals surface area contributed by atoms with E-state index in [0.717, 1.165) is 0 Å². The van der Waals surface area contributed by atoms with Crippen molar-refractivity contribution < 1.29 is 24.6 Å². The van der Waals surface area contributed by atoms with Gasteiger partial charge in [0.25, 0.3) is 5.91 Å². The van der Waals surface area contributed by atoms with Crippen molar-refractivity contribution in [3.63, 3.8) is 0 Å². The first-order valence-electron chi connectivity index (χ1n) is 7.13. The Bertz CT molecular complexity index is 629. The molecule has 23 heavy (non-hydrogen) atoms. The molecule has 1 aromatic carbocycles. The number of carboxylic acid groups (broad SMARTS) is 2. The number of aliphatic carboxylic acids is 2. The Labute approximate surface area is 132 Å². The van der Waals surface area contributed by atoms with E-state index in [9.17, 15) is 19.5 Å². The summed E-state index contributed by atoms with van der Waals surface area (Å²) in [5.74, 6) is -2.47. The minimum atomic E-state index is -1.06. The first-order valence-corrected chi connectivity index (χ1v) is 7.13. The van der Waals surface area contributed by atoms with Crippen LogP contribution in [0, 0.1) is 0 Å². The van der Waals surface area contributed by atoms with E-state index in [4.69, 9.17) is 5.11 Å². The van der Waals surface area contributed by atoms with Crippen molar-refractivity contribution in [1.82, 2.24) is 5.32 Å². The van der Waals surface area contributed by atoms with Crippen LogP contribution in [0.1, 0.15) is 19.3 Å². The smallest absolute Gasteiger partial charge is 0.328 e. The van der Waals surface area contributed by atoms with Gasteiger partial charge < -0.3 is 15.5 Å². The van der Waals surface area contributed by atoms with Crippen LogP contribution < -0.4 is 10.3 Å². The number of hydrazone groups is 1. The summed E-state index contributed by atoms with van der Waals surface area (Å²) in [4.78, 5) is 33.8. The minimum Gasteiger partial charge on any atom is -0.481 e. The van der Waals surface area contributed by atoms with Gasteiger partial charge in [-0.25, -0.2) is 4.79 Å². The van der Waals surface area contributed by atoms with Gasteiger partial charge in [0.2, 0.25) is 0 Å². The quantitative estimate of drug-likeness (QED) is 0.636. The van der Waals surface area contributed by atoms with Crippen molar-refractivity contribution in [3.8, 4) is 0 Å². The highest BCUT2D eigenvalue weighted by atomic mass is 16.4. The lowest BCUT2D eigenvalue weighted by atomic mass is 10.1. The van der Waals surface area contributed by atoms with Crippen LogP contribution in [0.4, 0.5) is 5.69 Å². The molecule has 0 aromatic heterocycles. The second kappa shape index (κ2) is 7.39. The zero-order valence-electron chi connectivity index (χ0n) is 12.3. The molecule has 1 aromatic rings. The van der Waals surface area contributed by atoms with Crippen molar-refractivity contribution in [2.75, 3.05) is 11.6 Å². The molecule has 3 N–H and O–H groups in total. The van der Waals surface area contributed by atoms with E-state index in [1.54, 1.807) is 30.3 Å². The fourth-order valence-corrected chi connectivity index (χ4v) is 2.20. The Morgan fingerprint density at radius 1 is 1.22 bits per heavy atom. The number of para-hydroxylation sites is 1. The highest BCUT2D eigenvalue weighted by molar-refractivity contribution is 6.40. The standard InChI is InChI=1S/C15H17N3O5/c19-13(20)7-4-8-16-14(21)11-9-12(15(22)23)18(17-11)10-5-2-1-3-6-10/h1-3,5-6,12H,4,7-9H2,(H,16,21)(H,19,20)(H,22,23). The predicted molar refractivity (Wildman–Crippen MR) is 82.3 cm³/mol. The summed E-state index contributed by atoms with van der Waals surface area (Å²) >= 11 is 0. The summed E-state index contributed by atoms with van der Waals surface area (Å²) in [6.45, 7) is 0.202. The molecule has 1 aliphatic rings. The largest absolute Gasteiger partial charge is 0.481 e. The second-order valence-corrected chi connectivity index (χ2v) is 5.04. The van der Waals surface area contributed by atoms with Crippen molar-refractivity contribution in [1.29, 1.82) is 0 Å². The average Bonchev–Trinajstić information content (AvgIpc) is 2.97. The Balaban J connectivity index is 2.03. The van der Waals surface area contributed by atoms with Gasteiger partial charge in [0.1, 0.15) is 5.71 Å². The van der Waals surface area contributed by atoms with E-state index in [-0.39, 0.29) is 25.1 Å². The number of amides is 1. The summed E-state index contributed by atoms with van der Waals surface area (Å²) in [5, 5.41) is 25.8. The molecule has 122 valence electrons. The molecule has 0 spiro atoms. The summed E-state index contributed by atoms with van der Waals surface area (Å²) in [6.07, 6.45) is 0.259. The molecular weight excluding hydrogens is 302 g/mol. The van der Waals surface area contributed by atoms with E-state index < -0.39 is 23.9 Å². The topological polar surface area (TPSA) is 119 Å². The van der Waals surface area contributed by atoms with Gasteiger partial charge in [-0.2, -0.15) is 5.10 Å². The number of benzene rings is 1. The summed E-state index contributed by atoms with van der Waals surface area (Å²) in [7, 11) is 0. The number of carbonyl (C=O) groups excluding carboxylic acids is 1. The number of carbonyl (C=O) groups is 3. The Hall–Kier alpha value is -2.90. The van der Waals surface area contributed by atoms with Crippen LogP contribution in [0.25, 0.3) is 0 Å². The number of rotatable bonds is 7. The lowest BCUT2D eigenvalue weighted by Crippen LogP contribution is -2.35. The molecule has 0 fully saturated rings. The second-order valence-electron chi connectivity index (χ2n) is 5.04. The van der Waals surface area contributed by atoms with Crippen LogP contribution in [0.15, 0.2) is 35.4 Å². The highest BCUT2D eigenvalue weighted by Crippen LogP contribution is 2.24. The number of hydrogen-bond donors (Lipinski definition) is 3. The van der Waals surface area contributed by atoms with Crippen LogP contribution in [0.2, 0.25) is 0 Å². The number of anilines is 1. The predicted octanol–water partition coefficient (Wildman–Crippen LogP) is 0.687. The molecule has 1 unspecified atom stereocenters. The monoisotopic (exact) mass is 319 g/mol. The van der Waals surface area contributed by atoms with Crippen LogP contribution >= 0.6 is 0 Å². The fraction of sp³-hybridized carbons (Fsp3) is 0.333. The van der Waals surface area contributed by atoms with E-state index >= 15 is 0 Å². The van der Waals surface area contributed by atoms with Gasteiger partial charge in [-0.3, -0.25) is 14.6 Å². The van der Waals surface area contributed by atoms with Crippen molar-refractivity contribution in [2.45, 2.75) is 25.3 Å². The van der Waals surface area contributed by atoms with Crippen LogP contribution in [-0.4, -0.2) is 46.4 Å². The molecule has 8 nitrogen and oxygen atoms in total. The minimum absolute atomic E-state index is 0.00497. The number of nitrogens with one attached hydrogen (secondary N) is 1.